The van der Waals surface area contributed by atoms with E-state index in [1.165, 1.54) is 19.3 Å². The van der Waals surface area contributed by atoms with E-state index < -0.39 is 0 Å². The molecule has 1 aliphatic heterocycles. The highest BCUT2D eigenvalue weighted by Gasteiger charge is 2.52. The van der Waals surface area contributed by atoms with Crippen molar-refractivity contribution < 1.29 is 4.79 Å². The van der Waals surface area contributed by atoms with Crippen molar-refractivity contribution in [2.24, 2.45) is 29.4 Å². The van der Waals surface area contributed by atoms with Crippen molar-refractivity contribution >= 4 is 5.91 Å². The fourth-order valence-electron chi connectivity index (χ4n) is 4.01. The minimum Gasteiger partial charge on any atom is -0.341 e. The molecule has 3 nitrogen and oxygen atoms in total. The van der Waals surface area contributed by atoms with E-state index in [2.05, 4.69) is 0 Å². The summed E-state index contributed by atoms with van der Waals surface area (Å²) in [6.07, 6.45) is 4.27. The lowest BCUT2D eigenvalue weighted by atomic mass is 9.82. The van der Waals surface area contributed by atoms with Crippen LogP contribution in [0.25, 0.3) is 0 Å². The molecule has 1 heterocycles. The first kappa shape index (κ1) is 8.72. The summed E-state index contributed by atoms with van der Waals surface area (Å²) < 4.78 is 0. The van der Waals surface area contributed by atoms with Gasteiger partial charge in [-0.2, -0.15) is 0 Å². The monoisotopic (exact) mass is 194 g/mol. The van der Waals surface area contributed by atoms with E-state index in [0.717, 1.165) is 36.8 Å². The zero-order chi connectivity index (χ0) is 9.71. The van der Waals surface area contributed by atoms with Gasteiger partial charge < -0.3 is 10.6 Å². The maximum atomic E-state index is 11.5. The fourth-order valence-corrected chi connectivity index (χ4v) is 4.01. The van der Waals surface area contributed by atoms with Gasteiger partial charge in [-0.15, -0.1) is 0 Å². The van der Waals surface area contributed by atoms with Crippen LogP contribution in [0.4, 0.5) is 0 Å². The lowest BCUT2D eigenvalue weighted by molar-refractivity contribution is -0.129. The molecule has 2 bridgehead atoms. The Morgan fingerprint density at radius 3 is 2.29 bits per heavy atom. The van der Waals surface area contributed by atoms with Crippen LogP contribution in [0.5, 0.6) is 0 Å². The molecule has 1 saturated heterocycles. The van der Waals surface area contributed by atoms with E-state index >= 15 is 0 Å². The smallest absolute Gasteiger partial charge is 0.236 e. The quantitative estimate of drug-likeness (QED) is 0.658. The Balaban J connectivity index is 1.73. The lowest BCUT2D eigenvalue weighted by Crippen LogP contribution is -2.35. The van der Waals surface area contributed by atoms with Gasteiger partial charge in [0.05, 0.1) is 6.54 Å². The maximum Gasteiger partial charge on any atom is 0.236 e. The molecule has 0 aromatic heterocycles. The SMILES string of the molecule is NCC(=O)N1CC2C3CCC(C3)C2C1. The third-order valence-electron chi connectivity index (χ3n) is 4.66. The Kier molecular flexibility index (Phi) is 1.84. The van der Waals surface area contributed by atoms with Gasteiger partial charge in [-0.25, -0.2) is 0 Å². The summed E-state index contributed by atoms with van der Waals surface area (Å²) in [5.41, 5.74) is 5.40. The van der Waals surface area contributed by atoms with Crippen molar-refractivity contribution in [3.8, 4) is 0 Å². The lowest BCUT2D eigenvalue weighted by Gasteiger charge is -2.22. The van der Waals surface area contributed by atoms with Crippen molar-refractivity contribution in [1.82, 2.24) is 4.90 Å². The molecule has 3 fully saturated rings. The molecule has 2 aliphatic carbocycles. The number of amides is 1. The molecule has 2 N–H and O–H groups in total. The molecule has 4 unspecified atom stereocenters. The van der Waals surface area contributed by atoms with Crippen molar-refractivity contribution in [1.29, 1.82) is 0 Å². The molecule has 0 spiro atoms. The average Bonchev–Trinajstić information content (AvgIpc) is 2.87. The summed E-state index contributed by atoms with van der Waals surface area (Å²) in [4.78, 5) is 13.5. The van der Waals surface area contributed by atoms with Crippen LogP contribution in [-0.4, -0.2) is 30.4 Å². The molecule has 0 radical (unpaired) electrons. The molecule has 78 valence electrons. The highest BCUT2D eigenvalue weighted by molar-refractivity contribution is 5.78. The molecule has 3 aliphatic rings. The van der Waals surface area contributed by atoms with Gasteiger partial charge in [0.2, 0.25) is 5.91 Å². The number of hydrogen-bond donors (Lipinski definition) is 1. The van der Waals surface area contributed by atoms with Crippen LogP contribution in [0.15, 0.2) is 0 Å². The van der Waals surface area contributed by atoms with Crippen molar-refractivity contribution in [2.45, 2.75) is 19.3 Å². The van der Waals surface area contributed by atoms with Gasteiger partial charge in [0.1, 0.15) is 0 Å². The Bertz CT molecular complexity index is 248. The summed E-state index contributed by atoms with van der Waals surface area (Å²) in [6.45, 7) is 2.19. The summed E-state index contributed by atoms with van der Waals surface area (Å²) in [7, 11) is 0. The van der Waals surface area contributed by atoms with Crippen LogP contribution in [0.3, 0.4) is 0 Å². The molecule has 3 heteroatoms. The molecular formula is C11H18N2O. The second-order valence-electron chi connectivity index (χ2n) is 5.16. The van der Waals surface area contributed by atoms with Crippen LogP contribution in [0, 0.1) is 23.7 Å². The van der Waals surface area contributed by atoms with E-state index in [4.69, 9.17) is 5.73 Å². The maximum absolute atomic E-state index is 11.5. The number of nitrogens with two attached hydrogens (primary N) is 1. The molecule has 0 aromatic carbocycles. The first-order chi connectivity index (χ1) is 6.79. The third-order valence-corrected chi connectivity index (χ3v) is 4.66. The van der Waals surface area contributed by atoms with Gasteiger partial charge in [0, 0.05) is 13.1 Å². The van der Waals surface area contributed by atoms with Crippen LogP contribution in [-0.2, 0) is 4.79 Å². The van der Waals surface area contributed by atoms with E-state index in [0.29, 0.717) is 0 Å². The van der Waals surface area contributed by atoms with E-state index in [1.54, 1.807) is 0 Å². The Morgan fingerprint density at radius 1 is 1.21 bits per heavy atom. The molecule has 3 rings (SSSR count). The Labute approximate surface area is 84.6 Å². The van der Waals surface area contributed by atoms with Gasteiger partial charge in [0.15, 0.2) is 0 Å². The minimum atomic E-state index is 0.152. The van der Waals surface area contributed by atoms with Crippen LogP contribution >= 0.6 is 0 Å². The molecular weight excluding hydrogens is 176 g/mol. The molecule has 4 atom stereocenters. The van der Waals surface area contributed by atoms with Crippen LogP contribution < -0.4 is 5.73 Å². The fraction of sp³-hybridized carbons (Fsp3) is 0.909. The van der Waals surface area contributed by atoms with Gasteiger partial charge in [-0.1, -0.05) is 0 Å². The first-order valence-corrected chi connectivity index (χ1v) is 5.77. The summed E-state index contributed by atoms with van der Waals surface area (Å²) in [6, 6.07) is 0. The Hall–Kier alpha value is -0.570. The van der Waals surface area contributed by atoms with Gasteiger partial charge in [-0.3, -0.25) is 4.79 Å². The number of carbonyl (C=O) groups is 1. The second-order valence-corrected chi connectivity index (χ2v) is 5.16. The predicted molar refractivity (Wildman–Crippen MR) is 53.4 cm³/mol. The van der Waals surface area contributed by atoms with Crippen LogP contribution in [0.2, 0.25) is 0 Å². The van der Waals surface area contributed by atoms with E-state index in [1.807, 2.05) is 4.90 Å². The van der Waals surface area contributed by atoms with Crippen LogP contribution in [0.1, 0.15) is 19.3 Å². The second kappa shape index (κ2) is 2.96. The van der Waals surface area contributed by atoms with Crippen molar-refractivity contribution in [2.75, 3.05) is 19.6 Å². The van der Waals surface area contributed by atoms with E-state index in [-0.39, 0.29) is 12.5 Å². The first-order valence-electron chi connectivity index (χ1n) is 5.77. The normalized spacial score (nSPS) is 44.5. The minimum absolute atomic E-state index is 0.152. The molecule has 1 amide bonds. The third kappa shape index (κ3) is 1.05. The number of fused-ring (bicyclic) bond motifs is 5. The number of rotatable bonds is 1. The van der Waals surface area contributed by atoms with Gasteiger partial charge >= 0.3 is 0 Å². The molecule has 2 saturated carbocycles. The number of carbonyl (C=O) groups excluding carboxylic acids is 1. The number of nitrogens with zero attached hydrogens (tertiary/aromatic N) is 1. The summed E-state index contributed by atoms with van der Waals surface area (Å²) >= 11 is 0. The number of likely N-dealkylation sites (tertiary alicyclic amines) is 1. The predicted octanol–water partition coefficient (Wildman–Crippen LogP) is 0.450. The molecule has 14 heavy (non-hydrogen) atoms. The van der Waals surface area contributed by atoms with Gasteiger partial charge in [0.25, 0.3) is 0 Å². The van der Waals surface area contributed by atoms with E-state index in [9.17, 15) is 4.79 Å². The highest BCUT2D eigenvalue weighted by atomic mass is 16.2. The molecule has 0 aromatic rings. The summed E-state index contributed by atoms with van der Waals surface area (Å²) in [5.74, 6) is 3.66. The zero-order valence-electron chi connectivity index (χ0n) is 8.48. The largest absolute Gasteiger partial charge is 0.341 e. The van der Waals surface area contributed by atoms with Crippen molar-refractivity contribution in [3.63, 3.8) is 0 Å². The zero-order valence-corrected chi connectivity index (χ0v) is 8.48. The summed E-state index contributed by atoms with van der Waals surface area (Å²) in [5, 5.41) is 0. The number of hydrogen-bond acceptors (Lipinski definition) is 2. The topological polar surface area (TPSA) is 46.3 Å². The average molecular weight is 194 g/mol. The highest BCUT2D eigenvalue weighted by Crippen LogP contribution is 2.54. The van der Waals surface area contributed by atoms with Gasteiger partial charge in [-0.05, 0) is 42.9 Å². The van der Waals surface area contributed by atoms with Crippen molar-refractivity contribution in [3.05, 3.63) is 0 Å². The standard InChI is InChI=1S/C11H18N2O/c12-4-11(14)13-5-9-7-1-2-8(3-7)10(9)6-13/h7-10H,1-6,12H2. The Morgan fingerprint density at radius 2 is 1.79 bits per heavy atom.